The monoisotopic (exact) mass is 238 g/mol. The van der Waals surface area contributed by atoms with Crippen LogP contribution in [0.3, 0.4) is 0 Å². The summed E-state index contributed by atoms with van der Waals surface area (Å²) in [5.74, 6) is 1.64. The van der Waals surface area contributed by atoms with Gasteiger partial charge in [0.1, 0.15) is 5.82 Å². The molecule has 0 N–H and O–H groups in total. The predicted molar refractivity (Wildman–Crippen MR) is 69.1 cm³/mol. The molecule has 1 saturated heterocycles. The van der Waals surface area contributed by atoms with Crippen LogP contribution in [0.4, 0.5) is 5.82 Å². The molecule has 88 valence electrons. The minimum Gasteiger partial charge on any atom is -0.356 e. The number of hydrogen-bond acceptors (Lipinski definition) is 2. The molecular weight excluding hydrogens is 220 g/mol. The van der Waals surface area contributed by atoms with Gasteiger partial charge >= 0.3 is 0 Å². The quantitative estimate of drug-likeness (QED) is 0.735. The first-order valence-electron chi connectivity index (χ1n) is 5.79. The maximum absolute atomic E-state index is 5.84. The lowest BCUT2D eigenvalue weighted by molar-refractivity contribution is 0.418. The van der Waals surface area contributed by atoms with E-state index in [-0.39, 0.29) is 0 Å². The first-order chi connectivity index (χ1) is 7.52. The lowest BCUT2D eigenvalue weighted by Crippen LogP contribution is -2.23. The summed E-state index contributed by atoms with van der Waals surface area (Å²) in [7, 11) is 0. The molecule has 0 aliphatic carbocycles. The Labute approximate surface area is 103 Å². The molecule has 0 bridgehead atoms. The highest BCUT2D eigenvalue weighted by molar-refractivity contribution is 6.17. The molecule has 3 heteroatoms. The predicted octanol–water partition coefficient (Wildman–Crippen LogP) is 3.37. The van der Waals surface area contributed by atoms with Crippen LogP contribution in [0.1, 0.15) is 31.5 Å². The average Bonchev–Trinajstić information content (AvgIpc) is 2.59. The van der Waals surface area contributed by atoms with E-state index in [1.54, 1.807) is 0 Å². The van der Waals surface area contributed by atoms with Crippen LogP contribution < -0.4 is 4.90 Å². The van der Waals surface area contributed by atoms with Crippen LogP contribution in [-0.4, -0.2) is 18.1 Å². The summed E-state index contributed by atoms with van der Waals surface area (Å²) in [6.45, 7) is 8.86. The van der Waals surface area contributed by atoms with Crippen LogP contribution in [0.25, 0.3) is 0 Å². The number of aromatic nitrogens is 1. The Kier molecular flexibility index (Phi) is 3.11. The van der Waals surface area contributed by atoms with Gasteiger partial charge in [-0.25, -0.2) is 4.98 Å². The fourth-order valence-electron chi connectivity index (χ4n) is 2.20. The van der Waals surface area contributed by atoms with Crippen LogP contribution >= 0.6 is 11.6 Å². The number of hydrogen-bond donors (Lipinski definition) is 0. The van der Waals surface area contributed by atoms with Gasteiger partial charge in [0.25, 0.3) is 0 Å². The number of rotatable bonds is 2. The Hall–Kier alpha value is -0.760. The average molecular weight is 239 g/mol. The first kappa shape index (κ1) is 11.7. The van der Waals surface area contributed by atoms with Gasteiger partial charge in [-0.2, -0.15) is 0 Å². The van der Waals surface area contributed by atoms with Crippen molar-refractivity contribution in [2.45, 2.75) is 33.1 Å². The van der Waals surface area contributed by atoms with Gasteiger partial charge in [-0.15, -0.1) is 11.6 Å². The fraction of sp³-hybridized carbons (Fsp3) is 0.615. The molecule has 0 saturated carbocycles. The zero-order valence-corrected chi connectivity index (χ0v) is 11.0. The molecule has 1 aliphatic rings. The first-order valence-corrected chi connectivity index (χ1v) is 6.33. The van der Waals surface area contributed by atoms with Gasteiger partial charge in [0.05, 0.1) is 0 Å². The summed E-state index contributed by atoms with van der Waals surface area (Å²) in [5, 5.41) is 0. The zero-order chi connectivity index (χ0) is 11.8. The Morgan fingerprint density at radius 1 is 1.44 bits per heavy atom. The van der Waals surface area contributed by atoms with Gasteiger partial charge in [0, 0.05) is 24.7 Å². The van der Waals surface area contributed by atoms with Crippen LogP contribution in [0.15, 0.2) is 12.1 Å². The van der Waals surface area contributed by atoms with Crippen molar-refractivity contribution < 1.29 is 0 Å². The van der Waals surface area contributed by atoms with Crippen molar-refractivity contribution in [1.82, 2.24) is 4.98 Å². The topological polar surface area (TPSA) is 16.1 Å². The second-order valence-electron chi connectivity index (χ2n) is 5.38. The van der Waals surface area contributed by atoms with Gasteiger partial charge in [-0.05, 0) is 30.4 Å². The second-order valence-corrected chi connectivity index (χ2v) is 5.65. The van der Waals surface area contributed by atoms with Gasteiger partial charge in [0.15, 0.2) is 0 Å². The van der Waals surface area contributed by atoms with Crippen LogP contribution in [-0.2, 0) is 5.88 Å². The molecule has 0 spiro atoms. The molecule has 0 unspecified atom stereocenters. The summed E-state index contributed by atoms with van der Waals surface area (Å²) >= 11 is 5.84. The van der Waals surface area contributed by atoms with Crippen molar-refractivity contribution >= 4 is 17.4 Å². The Bertz CT molecular complexity index is 388. The molecule has 1 aliphatic heterocycles. The maximum atomic E-state index is 5.84. The Morgan fingerprint density at radius 3 is 2.69 bits per heavy atom. The Morgan fingerprint density at radius 2 is 2.19 bits per heavy atom. The molecule has 2 rings (SSSR count). The maximum Gasteiger partial charge on any atom is 0.128 e. The summed E-state index contributed by atoms with van der Waals surface area (Å²) in [5.41, 5.74) is 2.60. The van der Waals surface area contributed by atoms with Crippen molar-refractivity contribution in [2.24, 2.45) is 5.41 Å². The van der Waals surface area contributed by atoms with Crippen molar-refractivity contribution in [1.29, 1.82) is 0 Å². The van der Waals surface area contributed by atoms with Crippen molar-refractivity contribution in [2.75, 3.05) is 18.0 Å². The number of nitrogens with zero attached hydrogens (tertiary/aromatic N) is 2. The number of pyridine rings is 1. The zero-order valence-electron chi connectivity index (χ0n) is 10.3. The lowest BCUT2D eigenvalue weighted by Gasteiger charge is -2.21. The molecule has 1 aromatic heterocycles. The largest absolute Gasteiger partial charge is 0.356 e. The van der Waals surface area contributed by atoms with E-state index < -0.39 is 0 Å². The summed E-state index contributed by atoms with van der Waals surface area (Å²) < 4.78 is 0. The van der Waals surface area contributed by atoms with E-state index in [1.807, 2.05) is 6.92 Å². The van der Waals surface area contributed by atoms with Crippen molar-refractivity contribution in [3.8, 4) is 0 Å². The highest BCUT2D eigenvalue weighted by Crippen LogP contribution is 2.31. The summed E-state index contributed by atoms with van der Waals surface area (Å²) in [6, 6.07) is 4.18. The molecule has 16 heavy (non-hydrogen) atoms. The number of alkyl halides is 1. The van der Waals surface area contributed by atoms with E-state index in [0.717, 1.165) is 30.2 Å². The van der Waals surface area contributed by atoms with Gasteiger partial charge in [-0.1, -0.05) is 19.9 Å². The fourth-order valence-corrected chi connectivity index (χ4v) is 2.48. The van der Waals surface area contributed by atoms with E-state index in [4.69, 9.17) is 11.6 Å². The van der Waals surface area contributed by atoms with E-state index in [9.17, 15) is 0 Å². The molecule has 1 aromatic rings. The van der Waals surface area contributed by atoms with Gasteiger partial charge in [-0.3, -0.25) is 0 Å². The SMILES string of the molecule is Cc1nc(N2CCC(C)(C)C2)ccc1CCl. The number of aryl methyl sites for hydroxylation is 1. The van der Waals surface area contributed by atoms with E-state index in [0.29, 0.717) is 11.3 Å². The van der Waals surface area contributed by atoms with Crippen molar-refractivity contribution in [3.63, 3.8) is 0 Å². The van der Waals surface area contributed by atoms with Crippen molar-refractivity contribution in [3.05, 3.63) is 23.4 Å². The molecule has 1 fully saturated rings. The highest BCUT2D eigenvalue weighted by Gasteiger charge is 2.29. The van der Waals surface area contributed by atoms with Gasteiger partial charge in [0.2, 0.25) is 0 Å². The van der Waals surface area contributed by atoms with Gasteiger partial charge < -0.3 is 4.90 Å². The molecule has 2 heterocycles. The second kappa shape index (κ2) is 4.25. The normalized spacial score (nSPS) is 19.1. The third kappa shape index (κ3) is 2.32. The van der Waals surface area contributed by atoms with Crippen LogP contribution in [0.2, 0.25) is 0 Å². The standard InChI is InChI=1S/C13H19ClN2/c1-10-11(8-14)4-5-12(15-10)16-7-6-13(2,3)9-16/h4-5H,6-9H2,1-3H3. The lowest BCUT2D eigenvalue weighted by atomic mass is 9.93. The van der Waals surface area contributed by atoms with Crippen LogP contribution in [0, 0.1) is 12.3 Å². The summed E-state index contributed by atoms with van der Waals surface area (Å²) in [6.07, 6.45) is 1.24. The minimum absolute atomic E-state index is 0.417. The molecule has 0 radical (unpaired) electrons. The van der Waals surface area contributed by atoms with E-state index in [1.165, 1.54) is 6.42 Å². The highest BCUT2D eigenvalue weighted by atomic mass is 35.5. The molecular formula is C13H19ClN2. The third-order valence-electron chi connectivity index (χ3n) is 3.33. The van der Waals surface area contributed by atoms with Crippen LogP contribution in [0.5, 0.6) is 0 Å². The molecule has 2 nitrogen and oxygen atoms in total. The smallest absolute Gasteiger partial charge is 0.128 e. The minimum atomic E-state index is 0.417. The summed E-state index contributed by atoms with van der Waals surface area (Å²) in [4.78, 5) is 7.00. The molecule has 0 aromatic carbocycles. The Balaban J connectivity index is 2.20. The van der Waals surface area contributed by atoms with E-state index in [2.05, 4.69) is 35.9 Å². The van der Waals surface area contributed by atoms with E-state index >= 15 is 0 Å². The number of halogens is 1. The number of anilines is 1. The molecule has 0 amide bonds. The molecule has 0 atom stereocenters. The third-order valence-corrected chi connectivity index (χ3v) is 3.61.